The highest BCUT2D eigenvalue weighted by molar-refractivity contribution is 9.10. The van der Waals surface area contributed by atoms with Crippen molar-refractivity contribution in [2.45, 2.75) is 32.2 Å². The molecule has 98 valence electrons. The molecule has 1 aromatic rings. The fourth-order valence-electron chi connectivity index (χ4n) is 3.58. The molecule has 2 nitrogen and oxygen atoms in total. The van der Waals surface area contributed by atoms with E-state index in [1.807, 2.05) is 11.9 Å². The average molecular weight is 328 g/mol. The highest BCUT2D eigenvalue weighted by atomic mass is 79.9. The van der Waals surface area contributed by atoms with Gasteiger partial charge in [0.15, 0.2) is 0 Å². The molecule has 0 aliphatic heterocycles. The summed E-state index contributed by atoms with van der Waals surface area (Å²) >= 11 is 5.17. The van der Waals surface area contributed by atoms with Crippen LogP contribution in [0.4, 0.5) is 0 Å². The summed E-state index contributed by atoms with van der Waals surface area (Å²) in [5, 5.41) is 2.07. The van der Waals surface area contributed by atoms with Crippen LogP contribution in [0.1, 0.15) is 30.6 Å². The largest absolute Gasteiger partial charge is 0.340 e. The molecule has 2 saturated carbocycles. The molecule has 3 rings (SSSR count). The van der Waals surface area contributed by atoms with Gasteiger partial charge in [0.25, 0.3) is 0 Å². The van der Waals surface area contributed by atoms with Gasteiger partial charge in [-0.15, -0.1) is 11.3 Å². The second-order valence-corrected chi connectivity index (χ2v) is 7.62. The van der Waals surface area contributed by atoms with Crippen LogP contribution in [0.15, 0.2) is 15.9 Å². The van der Waals surface area contributed by atoms with E-state index in [9.17, 15) is 4.79 Å². The van der Waals surface area contributed by atoms with Gasteiger partial charge < -0.3 is 4.90 Å². The summed E-state index contributed by atoms with van der Waals surface area (Å²) in [5.74, 6) is 2.21. The Bertz CT molecular complexity index is 458. The van der Waals surface area contributed by atoms with Gasteiger partial charge in [-0.05, 0) is 53.1 Å². The van der Waals surface area contributed by atoms with E-state index in [4.69, 9.17) is 0 Å². The molecular formula is C14H18BrNOS. The number of amides is 1. The van der Waals surface area contributed by atoms with Crippen molar-refractivity contribution in [1.82, 2.24) is 4.90 Å². The second kappa shape index (κ2) is 4.97. The zero-order chi connectivity index (χ0) is 12.7. The minimum atomic E-state index is 0.317. The van der Waals surface area contributed by atoms with Gasteiger partial charge >= 0.3 is 0 Å². The summed E-state index contributed by atoms with van der Waals surface area (Å²) in [7, 11) is 1.95. The zero-order valence-corrected chi connectivity index (χ0v) is 13.0. The van der Waals surface area contributed by atoms with Gasteiger partial charge in [0.1, 0.15) is 0 Å². The van der Waals surface area contributed by atoms with Crippen molar-refractivity contribution in [2.24, 2.45) is 17.8 Å². The van der Waals surface area contributed by atoms with E-state index in [-0.39, 0.29) is 0 Å². The van der Waals surface area contributed by atoms with Gasteiger partial charge in [-0.25, -0.2) is 0 Å². The van der Waals surface area contributed by atoms with Crippen molar-refractivity contribution >= 4 is 33.2 Å². The molecule has 1 amide bonds. The van der Waals surface area contributed by atoms with E-state index >= 15 is 0 Å². The second-order valence-electron chi connectivity index (χ2n) is 5.71. The number of fused-ring (bicyclic) bond motifs is 2. The van der Waals surface area contributed by atoms with Crippen LogP contribution in [0.2, 0.25) is 0 Å². The summed E-state index contributed by atoms with van der Waals surface area (Å²) in [6.07, 6.45) is 5.08. The Hall–Kier alpha value is -0.350. The van der Waals surface area contributed by atoms with Gasteiger partial charge in [-0.1, -0.05) is 6.42 Å². The predicted octanol–water partition coefficient (Wildman–Crippen LogP) is 3.91. The van der Waals surface area contributed by atoms with Crippen molar-refractivity contribution in [3.05, 3.63) is 20.8 Å². The highest BCUT2D eigenvalue weighted by Gasteiger charge is 2.43. The average Bonchev–Trinajstić information content (AvgIpc) is 3.04. The van der Waals surface area contributed by atoms with Gasteiger partial charge in [-0.3, -0.25) is 4.79 Å². The van der Waals surface area contributed by atoms with Crippen LogP contribution < -0.4 is 0 Å². The van der Waals surface area contributed by atoms with E-state index in [1.165, 1.54) is 24.1 Å². The van der Waals surface area contributed by atoms with E-state index < -0.39 is 0 Å². The maximum absolute atomic E-state index is 12.5. The Kier molecular flexibility index (Phi) is 3.50. The smallest absolute Gasteiger partial charge is 0.226 e. The molecule has 2 fully saturated rings. The van der Waals surface area contributed by atoms with Crippen LogP contribution in [0.25, 0.3) is 0 Å². The Labute approximate surface area is 120 Å². The van der Waals surface area contributed by atoms with Crippen molar-refractivity contribution in [3.8, 4) is 0 Å². The van der Waals surface area contributed by atoms with Crippen molar-refractivity contribution in [3.63, 3.8) is 0 Å². The first-order chi connectivity index (χ1) is 8.63. The van der Waals surface area contributed by atoms with E-state index in [1.54, 1.807) is 11.3 Å². The fourth-order valence-corrected chi connectivity index (χ4v) is 5.08. The third-order valence-electron chi connectivity index (χ3n) is 4.45. The van der Waals surface area contributed by atoms with Gasteiger partial charge in [0, 0.05) is 27.7 Å². The van der Waals surface area contributed by atoms with E-state index in [0.717, 1.165) is 23.4 Å². The molecule has 0 N–H and O–H groups in total. The molecule has 4 heteroatoms. The lowest BCUT2D eigenvalue weighted by Crippen LogP contribution is -2.34. The van der Waals surface area contributed by atoms with Gasteiger partial charge in [0.2, 0.25) is 5.91 Å². The molecule has 0 aromatic carbocycles. The molecule has 2 bridgehead atoms. The highest BCUT2D eigenvalue weighted by Crippen LogP contribution is 2.48. The Morgan fingerprint density at radius 1 is 1.50 bits per heavy atom. The Morgan fingerprint density at radius 2 is 2.33 bits per heavy atom. The third kappa shape index (κ3) is 2.37. The lowest BCUT2D eigenvalue weighted by molar-refractivity contribution is -0.136. The van der Waals surface area contributed by atoms with Gasteiger partial charge in [-0.2, -0.15) is 0 Å². The van der Waals surface area contributed by atoms with Crippen molar-refractivity contribution in [1.29, 1.82) is 0 Å². The Morgan fingerprint density at radius 3 is 2.89 bits per heavy atom. The molecule has 1 aromatic heterocycles. The SMILES string of the molecule is CN(Cc1cc(Br)cs1)C(=O)C1CC2CCC1C2. The van der Waals surface area contributed by atoms with Crippen LogP contribution in [0.5, 0.6) is 0 Å². The van der Waals surface area contributed by atoms with Crippen LogP contribution in [0.3, 0.4) is 0 Å². The number of rotatable bonds is 3. The summed E-state index contributed by atoms with van der Waals surface area (Å²) in [4.78, 5) is 15.6. The first kappa shape index (κ1) is 12.7. The molecule has 2 aliphatic carbocycles. The zero-order valence-electron chi connectivity index (χ0n) is 10.6. The predicted molar refractivity (Wildman–Crippen MR) is 77.4 cm³/mol. The number of nitrogens with zero attached hydrogens (tertiary/aromatic N) is 1. The summed E-state index contributed by atoms with van der Waals surface area (Å²) in [6.45, 7) is 0.753. The molecule has 3 atom stereocenters. The standard InChI is InChI=1S/C14H18BrNOS/c1-16(7-12-6-11(15)8-18-12)14(17)13-5-9-2-3-10(13)4-9/h6,8-10,13H,2-5,7H2,1H3. The molecule has 0 spiro atoms. The van der Waals surface area contributed by atoms with E-state index in [2.05, 4.69) is 27.4 Å². The molecular weight excluding hydrogens is 310 g/mol. The molecule has 1 heterocycles. The number of hydrogen-bond donors (Lipinski definition) is 0. The molecule has 0 saturated heterocycles. The topological polar surface area (TPSA) is 20.3 Å². The summed E-state index contributed by atoms with van der Waals surface area (Å²) in [5.41, 5.74) is 0. The maximum atomic E-state index is 12.5. The summed E-state index contributed by atoms with van der Waals surface area (Å²) < 4.78 is 1.11. The lowest BCUT2D eigenvalue weighted by Gasteiger charge is -2.26. The number of thiophene rings is 1. The van der Waals surface area contributed by atoms with Crippen LogP contribution in [0, 0.1) is 17.8 Å². The monoisotopic (exact) mass is 327 g/mol. The third-order valence-corrected chi connectivity index (χ3v) is 6.13. The number of carbonyl (C=O) groups is 1. The van der Waals surface area contributed by atoms with Crippen molar-refractivity contribution in [2.75, 3.05) is 7.05 Å². The number of halogens is 1. The van der Waals surface area contributed by atoms with Crippen LogP contribution in [-0.4, -0.2) is 17.9 Å². The van der Waals surface area contributed by atoms with E-state index in [0.29, 0.717) is 17.7 Å². The van der Waals surface area contributed by atoms with Crippen molar-refractivity contribution < 1.29 is 4.79 Å². The lowest BCUT2D eigenvalue weighted by atomic mass is 9.88. The summed E-state index contributed by atoms with van der Waals surface area (Å²) in [6, 6.07) is 2.11. The van der Waals surface area contributed by atoms with Gasteiger partial charge in [0.05, 0.1) is 6.54 Å². The molecule has 0 radical (unpaired) electrons. The van der Waals surface area contributed by atoms with Crippen LogP contribution in [-0.2, 0) is 11.3 Å². The number of hydrogen-bond acceptors (Lipinski definition) is 2. The normalized spacial score (nSPS) is 29.8. The fraction of sp³-hybridized carbons (Fsp3) is 0.643. The van der Waals surface area contributed by atoms with Crippen LogP contribution >= 0.6 is 27.3 Å². The first-order valence-electron chi connectivity index (χ1n) is 6.61. The maximum Gasteiger partial charge on any atom is 0.226 e. The first-order valence-corrected chi connectivity index (χ1v) is 8.28. The number of carbonyl (C=O) groups excluding carboxylic acids is 1. The molecule has 3 unspecified atom stereocenters. The molecule has 18 heavy (non-hydrogen) atoms. The minimum absolute atomic E-state index is 0.317. The molecule has 2 aliphatic rings. The Balaban J connectivity index is 1.62. The quantitative estimate of drug-likeness (QED) is 0.824. The minimum Gasteiger partial charge on any atom is -0.340 e.